The molecule has 0 bridgehead atoms. The van der Waals surface area contributed by atoms with Crippen molar-refractivity contribution in [1.29, 1.82) is 0 Å². The van der Waals surface area contributed by atoms with Gasteiger partial charge in [0.05, 0.1) is 0 Å². The Kier molecular flexibility index (Phi) is 4.42. The molecule has 2 rings (SSSR count). The number of rotatable bonds is 3. The molecule has 0 amide bonds. The molecule has 0 radical (unpaired) electrons. The van der Waals surface area contributed by atoms with E-state index in [1.165, 1.54) is 25.3 Å². The van der Waals surface area contributed by atoms with E-state index in [4.69, 9.17) is 5.11 Å². The molecule has 1 fully saturated rings. The monoisotopic (exact) mass is 309 g/mol. The highest BCUT2D eigenvalue weighted by Gasteiger charge is 2.13. The third-order valence-corrected chi connectivity index (χ3v) is 3.59. The molecule has 96 valence electrons. The van der Waals surface area contributed by atoms with Gasteiger partial charge in [-0.3, -0.25) is 0 Å². The van der Waals surface area contributed by atoms with Gasteiger partial charge in [0.15, 0.2) is 0 Å². The number of benzene rings is 1. The second-order valence-electron chi connectivity index (χ2n) is 4.42. The van der Waals surface area contributed by atoms with Crippen molar-refractivity contribution in [2.24, 2.45) is 0 Å². The number of carbonyl (C=O) groups is 1. The minimum absolute atomic E-state index is 0.917. The molecule has 1 aromatic carbocycles. The van der Waals surface area contributed by atoms with Gasteiger partial charge in [0.1, 0.15) is 0 Å². The van der Waals surface area contributed by atoms with Gasteiger partial charge in [-0.2, -0.15) is 0 Å². The van der Waals surface area contributed by atoms with E-state index in [0.29, 0.717) is 0 Å². The topological polar surface area (TPSA) is 40.5 Å². The van der Waals surface area contributed by atoms with E-state index in [9.17, 15) is 4.79 Å². The lowest BCUT2D eigenvalue weighted by molar-refractivity contribution is -0.131. The van der Waals surface area contributed by atoms with Crippen LogP contribution in [0.15, 0.2) is 28.7 Å². The molecule has 1 aliphatic rings. The van der Waals surface area contributed by atoms with Gasteiger partial charge in [-0.05, 0) is 49.1 Å². The molecule has 0 unspecified atom stereocenters. The van der Waals surface area contributed by atoms with Crippen LogP contribution in [0.5, 0.6) is 0 Å². The molecule has 0 atom stereocenters. The molecular weight excluding hydrogens is 294 g/mol. The molecule has 1 saturated heterocycles. The number of piperidine rings is 1. The summed E-state index contributed by atoms with van der Waals surface area (Å²) in [5.41, 5.74) is 2.07. The van der Waals surface area contributed by atoms with Crippen molar-refractivity contribution in [2.75, 3.05) is 18.0 Å². The van der Waals surface area contributed by atoms with Crippen LogP contribution in [-0.4, -0.2) is 24.2 Å². The van der Waals surface area contributed by atoms with E-state index in [2.05, 4.69) is 26.9 Å². The molecular formula is C14H16BrNO2. The fraction of sp³-hybridized carbons (Fsp3) is 0.357. The zero-order valence-corrected chi connectivity index (χ0v) is 11.7. The number of nitrogens with zero attached hydrogens (tertiary/aromatic N) is 1. The van der Waals surface area contributed by atoms with E-state index in [-0.39, 0.29) is 0 Å². The Morgan fingerprint density at radius 2 is 2.00 bits per heavy atom. The Morgan fingerprint density at radius 3 is 2.67 bits per heavy atom. The molecule has 3 nitrogen and oxygen atoms in total. The number of carboxylic acid groups (broad SMARTS) is 1. The molecule has 0 aliphatic carbocycles. The third-order valence-electron chi connectivity index (χ3n) is 3.09. The number of halogens is 1. The quantitative estimate of drug-likeness (QED) is 0.868. The van der Waals surface area contributed by atoms with Gasteiger partial charge >= 0.3 is 5.97 Å². The summed E-state index contributed by atoms with van der Waals surface area (Å²) in [5, 5.41) is 8.73. The van der Waals surface area contributed by atoms with E-state index in [0.717, 1.165) is 28.8 Å². The molecule has 0 spiro atoms. The van der Waals surface area contributed by atoms with Crippen molar-refractivity contribution in [3.05, 3.63) is 34.3 Å². The summed E-state index contributed by atoms with van der Waals surface area (Å²) in [7, 11) is 0. The Morgan fingerprint density at radius 1 is 1.28 bits per heavy atom. The smallest absolute Gasteiger partial charge is 0.328 e. The first kappa shape index (κ1) is 13.1. The average Bonchev–Trinajstić information content (AvgIpc) is 2.37. The van der Waals surface area contributed by atoms with Crippen molar-refractivity contribution in [3.63, 3.8) is 0 Å². The first-order valence-corrected chi connectivity index (χ1v) is 6.91. The van der Waals surface area contributed by atoms with Crippen LogP contribution >= 0.6 is 15.9 Å². The maximum Gasteiger partial charge on any atom is 0.328 e. The molecule has 1 heterocycles. The number of carboxylic acids is 1. The van der Waals surface area contributed by atoms with Crippen LogP contribution in [0, 0.1) is 0 Å². The Hall–Kier alpha value is -1.29. The zero-order chi connectivity index (χ0) is 13.0. The molecule has 1 aromatic rings. The summed E-state index contributed by atoms with van der Waals surface area (Å²) in [5.74, 6) is -0.917. The minimum Gasteiger partial charge on any atom is -0.478 e. The molecule has 0 aromatic heterocycles. The van der Waals surface area contributed by atoms with Gasteiger partial charge in [0, 0.05) is 29.3 Å². The SMILES string of the molecule is O=C(O)C=Cc1cc(Br)ccc1N1CCCCC1. The maximum atomic E-state index is 10.6. The highest BCUT2D eigenvalue weighted by Crippen LogP contribution is 2.28. The van der Waals surface area contributed by atoms with Gasteiger partial charge in [-0.1, -0.05) is 15.9 Å². The van der Waals surface area contributed by atoms with Crippen LogP contribution in [0.4, 0.5) is 5.69 Å². The Labute approximate surface area is 115 Å². The molecule has 4 heteroatoms. The molecule has 1 aliphatic heterocycles. The van der Waals surface area contributed by atoms with Crippen LogP contribution in [0.1, 0.15) is 24.8 Å². The van der Waals surface area contributed by atoms with Crippen LogP contribution in [-0.2, 0) is 4.79 Å². The van der Waals surface area contributed by atoms with Gasteiger partial charge in [-0.25, -0.2) is 4.79 Å². The highest BCUT2D eigenvalue weighted by atomic mass is 79.9. The Bertz CT molecular complexity index is 465. The zero-order valence-electron chi connectivity index (χ0n) is 10.1. The second kappa shape index (κ2) is 6.05. The molecule has 1 N–H and O–H groups in total. The standard InChI is InChI=1S/C14H16BrNO2/c15-12-5-6-13(16-8-2-1-3-9-16)11(10-12)4-7-14(17)18/h4-7,10H,1-3,8-9H2,(H,17,18). The largest absolute Gasteiger partial charge is 0.478 e. The van der Waals surface area contributed by atoms with Crippen LogP contribution in [0.25, 0.3) is 6.08 Å². The predicted molar refractivity (Wildman–Crippen MR) is 76.9 cm³/mol. The summed E-state index contributed by atoms with van der Waals surface area (Å²) in [6.07, 6.45) is 6.55. The third kappa shape index (κ3) is 3.35. The first-order valence-electron chi connectivity index (χ1n) is 6.12. The van der Waals surface area contributed by atoms with E-state index >= 15 is 0 Å². The summed E-state index contributed by atoms with van der Waals surface area (Å²) >= 11 is 3.43. The molecule has 18 heavy (non-hydrogen) atoms. The second-order valence-corrected chi connectivity index (χ2v) is 5.34. The summed E-state index contributed by atoms with van der Waals surface area (Å²) in [4.78, 5) is 13.0. The maximum absolute atomic E-state index is 10.6. The number of hydrogen-bond acceptors (Lipinski definition) is 2. The predicted octanol–water partition coefficient (Wildman–Crippen LogP) is 3.54. The van der Waals surface area contributed by atoms with Gasteiger partial charge in [0.25, 0.3) is 0 Å². The van der Waals surface area contributed by atoms with E-state index < -0.39 is 5.97 Å². The summed E-state index contributed by atoms with van der Waals surface area (Å²) < 4.78 is 0.966. The lowest BCUT2D eigenvalue weighted by Gasteiger charge is -2.30. The van der Waals surface area contributed by atoms with Gasteiger partial charge in [0.2, 0.25) is 0 Å². The molecule has 0 saturated carbocycles. The first-order chi connectivity index (χ1) is 8.66. The fourth-order valence-corrected chi connectivity index (χ4v) is 2.62. The Balaban J connectivity index is 2.30. The average molecular weight is 310 g/mol. The van der Waals surface area contributed by atoms with E-state index in [1.54, 1.807) is 6.08 Å². The van der Waals surface area contributed by atoms with Crippen molar-refractivity contribution in [3.8, 4) is 0 Å². The lowest BCUT2D eigenvalue weighted by atomic mass is 10.1. The van der Waals surface area contributed by atoms with Crippen molar-refractivity contribution < 1.29 is 9.90 Å². The summed E-state index contributed by atoms with van der Waals surface area (Å²) in [6.45, 7) is 2.10. The normalized spacial score (nSPS) is 16.2. The number of hydrogen-bond donors (Lipinski definition) is 1. The van der Waals surface area contributed by atoms with Crippen LogP contribution < -0.4 is 4.90 Å². The number of aliphatic carboxylic acids is 1. The number of anilines is 1. The van der Waals surface area contributed by atoms with Crippen LogP contribution in [0.2, 0.25) is 0 Å². The lowest BCUT2D eigenvalue weighted by Crippen LogP contribution is -2.29. The fourth-order valence-electron chi connectivity index (χ4n) is 2.24. The van der Waals surface area contributed by atoms with Crippen LogP contribution in [0.3, 0.4) is 0 Å². The minimum atomic E-state index is -0.917. The van der Waals surface area contributed by atoms with Gasteiger partial charge in [-0.15, -0.1) is 0 Å². The van der Waals surface area contributed by atoms with Crippen molar-refractivity contribution in [2.45, 2.75) is 19.3 Å². The highest BCUT2D eigenvalue weighted by molar-refractivity contribution is 9.10. The van der Waals surface area contributed by atoms with Crippen molar-refractivity contribution >= 4 is 33.7 Å². The van der Waals surface area contributed by atoms with Crippen molar-refractivity contribution in [1.82, 2.24) is 0 Å². The van der Waals surface area contributed by atoms with Gasteiger partial charge < -0.3 is 10.0 Å². The summed E-state index contributed by atoms with van der Waals surface area (Å²) in [6, 6.07) is 6.02. The van der Waals surface area contributed by atoms with E-state index in [1.807, 2.05) is 12.1 Å².